The Hall–Kier alpha value is -0.0400. The Morgan fingerprint density at radius 1 is 1.07 bits per heavy atom. The highest BCUT2D eigenvalue weighted by atomic mass is 14.8. The molecule has 14 heavy (non-hydrogen) atoms. The SMILES string of the molecule is CC1CCCCC1(N)CC1CCCC1. The predicted molar refractivity (Wildman–Crippen MR) is 61.1 cm³/mol. The van der Waals surface area contributed by atoms with Gasteiger partial charge in [-0.3, -0.25) is 0 Å². The number of hydrogen-bond donors (Lipinski definition) is 1. The zero-order valence-electron chi connectivity index (χ0n) is 9.60. The van der Waals surface area contributed by atoms with E-state index in [0.717, 1.165) is 11.8 Å². The van der Waals surface area contributed by atoms with Crippen LogP contribution in [0, 0.1) is 11.8 Å². The van der Waals surface area contributed by atoms with Crippen molar-refractivity contribution in [1.82, 2.24) is 0 Å². The molecule has 2 aliphatic rings. The van der Waals surface area contributed by atoms with Crippen LogP contribution in [0.3, 0.4) is 0 Å². The third kappa shape index (κ3) is 2.13. The Balaban J connectivity index is 1.92. The molecule has 0 aliphatic heterocycles. The van der Waals surface area contributed by atoms with E-state index in [2.05, 4.69) is 6.92 Å². The molecule has 0 bridgehead atoms. The van der Waals surface area contributed by atoms with Gasteiger partial charge in [0.2, 0.25) is 0 Å². The van der Waals surface area contributed by atoms with Crippen molar-refractivity contribution in [2.75, 3.05) is 0 Å². The first-order valence-electron chi connectivity index (χ1n) is 6.49. The molecule has 2 aliphatic carbocycles. The average molecular weight is 195 g/mol. The maximum atomic E-state index is 6.58. The van der Waals surface area contributed by atoms with Crippen LogP contribution >= 0.6 is 0 Å². The van der Waals surface area contributed by atoms with E-state index in [1.807, 2.05) is 0 Å². The van der Waals surface area contributed by atoms with Gasteiger partial charge in [-0.05, 0) is 31.1 Å². The molecule has 0 amide bonds. The Morgan fingerprint density at radius 2 is 1.71 bits per heavy atom. The number of nitrogens with two attached hydrogens (primary N) is 1. The van der Waals surface area contributed by atoms with Crippen molar-refractivity contribution >= 4 is 0 Å². The third-order valence-corrected chi connectivity index (χ3v) is 4.65. The fraction of sp³-hybridized carbons (Fsp3) is 1.00. The minimum atomic E-state index is 0.202. The molecule has 0 radical (unpaired) electrons. The van der Waals surface area contributed by atoms with Crippen LogP contribution in [-0.2, 0) is 0 Å². The normalized spacial score (nSPS) is 40.3. The van der Waals surface area contributed by atoms with Gasteiger partial charge in [-0.15, -0.1) is 0 Å². The van der Waals surface area contributed by atoms with Crippen molar-refractivity contribution in [3.63, 3.8) is 0 Å². The third-order valence-electron chi connectivity index (χ3n) is 4.65. The van der Waals surface area contributed by atoms with E-state index in [4.69, 9.17) is 5.73 Å². The van der Waals surface area contributed by atoms with Crippen LogP contribution in [-0.4, -0.2) is 5.54 Å². The monoisotopic (exact) mass is 195 g/mol. The summed E-state index contributed by atoms with van der Waals surface area (Å²) >= 11 is 0. The summed E-state index contributed by atoms with van der Waals surface area (Å²) in [5.41, 5.74) is 6.78. The lowest BCUT2D eigenvalue weighted by Crippen LogP contribution is -2.49. The number of hydrogen-bond acceptors (Lipinski definition) is 1. The highest BCUT2D eigenvalue weighted by Crippen LogP contribution is 2.40. The molecule has 0 aromatic rings. The Labute approximate surface area is 88.4 Å². The van der Waals surface area contributed by atoms with Crippen LogP contribution < -0.4 is 5.73 Å². The average Bonchev–Trinajstić information content (AvgIpc) is 2.63. The van der Waals surface area contributed by atoms with Gasteiger partial charge in [-0.2, -0.15) is 0 Å². The molecule has 0 saturated heterocycles. The van der Waals surface area contributed by atoms with Crippen molar-refractivity contribution in [3.8, 4) is 0 Å². The summed E-state index contributed by atoms with van der Waals surface area (Å²) in [5.74, 6) is 1.72. The van der Waals surface area contributed by atoms with Gasteiger partial charge in [0, 0.05) is 5.54 Å². The van der Waals surface area contributed by atoms with Gasteiger partial charge in [0.25, 0.3) is 0 Å². The van der Waals surface area contributed by atoms with Crippen molar-refractivity contribution in [2.45, 2.75) is 70.3 Å². The molecule has 0 heterocycles. The Morgan fingerprint density at radius 3 is 2.36 bits per heavy atom. The first-order valence-corrected chi connectivity index (χ1v) is 6.49. The molecule has 2 rings (SSSR count). The van der Waals surface area contributed by atoms with Crippen LogP contribution in [0.1, 0.15) is 64.7 Å². The standard InChI is InChI=1S/C13H25N/c1-11-6-4-5-9-13(11,14)10-12-7-2-3-8-12/h11-12H,2-10,14H2,1H3. The zero-order chi connectivity index (χ0) is 10.0. The van der Waals surface area contributed by atoms with E-state index in [0.29, 0.717) is 0 Å². The predicted octanol–water partition coefficient (Wildman–Crippen LogP) is 3.47. The van der Waals surface area contributed by atoms with E-state index in [-0.39, 0.29) is 5.54 Å². The number of rotatable bonds is 2. The summed E-state index contributed by atoms with van der Waals surface area (Å²) in [6.07, 6.45) is 12.5. The summed E-state index contributed by atoms with van der Waals surface area (Å²) in [6.45, 7) is 2.37. The van der Waals surface area contributed by atoms with Gasteiger partial charge in [-0.25, -0.2) is 0 Å². The molecule has 2 atom stereocenters. The van der Waals surface area contributed by atoms with Crippen LogP contribution in [0.25, 0.3) is 0 Å². The van der Waals surface area contributed by atoms with Crippen molar-refractivity contribution in [3.05, 3.63) is 0 Å². The van der Waals surface area contributed by atoms with Gasteiger partial charge >= 0.3 is 0 Å². The first-order chi connectivity index (χ1) is 6.71. The molecule has 2 unspecified atom stereocenters. The van der Waals surface area contributed by atoms with Gasteiger partial charge in [0.05, 0.1) is 0 Å². The molecule has 82 valence electrons. The van der Waals surface area contributed by atoms with Gasteiger partial charge in [0.1, 0.15) is 0 Å². The molecule has 2 N–H and O–H groups in total. The molecule has 0 spiro atoms. The summed E-state index contributed by atoms with van der Waals surface area (Å²) in [6, 6.07) is 0. The van der Waals surface area contributed by atoms with Crippen LogP contribution in [0.4, 0.5) is 0 Å². The highest BCUT2D eigenvalue weighted by Gasteiger charge is 2.36. The van der Waals surface area contributed by atoms with Crippen LogP contribution in [0.2, 0.25) is 0 Å². The topological polar surface area (TPSA) is 26.0 Å². The highest BCUT2D eigenvalue weighted by molar-refractivity contribution is 4.94. The van der Waals surface area contributed by atoms with Crippen molar-refractivity contribution < 1.29 is 0 Å². The molecular formula is C13H25N. The van der Waals surface area contributed by atoms with E-state index < -0.39 is 0 Å². The van der Waals surface area contributed by atoms with Crippen LogP contribution in [0.15, 0.2) is 0 Å². The molecule has 0 aromatic heterocycles. The molecule has 1 heteroatoms. The lowest BCUT2D eigenvalue weighted by Gasteiger charge is -2.41. The maximum Gasteiger partial charge on any atom is 0.0182 e. The Kier molecular flexibility index (Phi) is 3.16. The summed E-state index contributed by atoms with van der Waals surface area (Å²) in [5, 5.41) is 0. The lowest BCUT2D eigenvalue weighted by atomic mass is 9.70. The minimum Gasteiger partial charge on any atom is -0.325 e. The molecule has 2 saturated carbocycles. The largest absolute Gasteiger partial charge is 0.325 e. The first kappa shape index (κ1) is 10.5. The van der Waals surface area contributed by atoms with E-state index >= 15 is 0 Å². The second-order valence-corrected chi connectivity index (χ2v) is 5.73. The quantitative estimate of drug-likeness (QED) is 0.717. The van der Waals surface area contributed by atoms with E-state index in [9.17, 15) is 0 Å². The molecule has 2 fully saturated rings. The van der Waals surface area contributed by atoms with Gasteiger partial charge in [-0.1, -0.05) is 45.4 Å². The van der Waals surface area contributed by atoms with Gasteiger partial charge < -0.3 is 5.73 Å². The van der Waals surface area contributed by atoms with Crippen molar-refractivity contribution in [1.29, 1.82) is 0 Å². The smallest absolute Gasteiger partial charge is 0.0182 e. The fourth-order valence-electron chi connectivity index (χ4n) is 3.49. The molecule has 0 aromatic carbocycles. The Bertz CT molecular complexity index is 184. The van der Waals surface area contributed by atoms with Crippen molar-refractivity contribution in [2.24, 2.45) is 17.6 Å². The summed E-state index contributed by atoms with van der Waals surface area (Å²) < 4.78 is 0. The van der Waals surface area contributed by atoms with Crippen LogP contribution in [0.5, 0.6) is 0 Å². The fourth-order valence-corrected chi connectivity index (χ4v) is 3.49. The summed E-state index contributed by atoms with van der Waals surface area (Å²) in [7, 11) is 0. The minimum absolute atomic E-state index is 0.202. The van der Waals surface area contributed by atoms with E-state index in [1.54, 1.807) is 0 Å². The second-order valence-electron chi connectivity index (χ2n) is 5.73. The second kappa shape index (κ2) is 4.22. The zero-order valence-corrected chi connectivity index (χ0v) is 9.60. The lowest BCUT2D eigenvalue weighted by molar-refractivity contribution is 0.166. The molecular weight excluding hydrogens is 170 g/mol. The maximum absolute atomic E-state index is 6.58. The summed E-state index contributed by atoms with van der Waals surface area (Å²) in [4.78, 5) is 0. The van der Waals surface area contributed by atoms with Gasteiger partial charge in [0.15, 0.2) is 0 Å². The van der Waals surface area contributed by atoms with E-state index in [1.165, 1.54) is 57.8 Å². The molecule has 1 nitrogen and oxygen atoms in total.